The summed E-state index contributed by atoms with van der Waals surface area (Å²) in [7, 11) is 0. The van der Waals surface area contributed by atoms with Crippen LogP contribution in [0.2, 0.25) is 0 Å². The number of carbonyl (C=O) groups is 3. The number of carboxylic acid groups (broad SMARTS) is 2. The number of benzene rings is 1. The monoisotopic (exact) mass is 527 g/mol. The van der Waals surface area contributed by atoms with Gasteiger partial charge in [0.1, 0.15) is 0 Å². The summed E-state index contributed by atoms with van der Waals surface area (Å²) in [5, 5.41) is 16.9. The average Bonchev–Trinajstić information content (AvgIpc) is 3.30. The molecule has 200 valence electrons. The first-order valence-electron chi connectivity index (χ1n) is 9.78. The van der Waals surface area contributed by atoms with Crippen molar-refractivity contribution in [1.29, 1.82) is 0 Å². The fourth-order valence-electron chi connectivity index (χ4n) is 2.06. The van der Waals surface area contributed by atoms with Crippen LogP contribution in [0.5, 0.6) is 0 Å². The Labute approximate surface area is 200 Å². The van der Waals surface area contributed by atoms with Crippen LogP contribution in [-0.2, 0) is 20.8 Å². The summed E-state index contributed by atoms with van der Waals surface area (Å²) < 4.78 is 63.5. The first-order chi connectivity index (χ1) is 16.6. The smallest absolute Gasteiger partial charge is 0.475 e. The maximum absolute atomic E-state index is 12.1. The lowest BCUT2D eigenvalue weighted by Gasteiger charge is -2.11. The number of hydrogen-bond acceptors (Lipinski definition) is 5. The normalized spacial score (nSPS) is 12.2. The molecule has 36 heavy (non-hydrogen) atoms. The van der Waals surface area contributed by atoms with E-state index in [9.17, 15) is 31.1 Å². The molecule has 0 spiro atoms. The molecule has 1 aromatic heterocycles. The van der Waals surface area contributed by atoms with Gasteiger partial charge in [0.05, 0.1) is 12.2 Å². The van der Waals surface area contributed by atoms with Gasteiger partial charge in [-0.2, -0.15) is 26.3 Å². The molecule has 1 atom stereocenters. The Morgan fingerprint density at radius 3 is 1.97 bits per heavy atom. The minimum absolute atomic E-state index is 0.152. The van der Waals surface area contributed by atoms with Crippen LogP contribution in [0.3, 0.4) is 0 Å². The van der Waals surface area contributed by atoms with Gasteiger partial charge in [0.15, 0.2) is 5.96 Å². The molecule has 1 unspecified atom stereocenters. The SMILES string of the molecule is CC(C(=O)NC(N)=NCCCc1cnc[nH]1)c1ccccc1.O=C(O)C(F)(F)F.O=C(O)C(F)(F)F. The number of carboxylic acids is 2. The lowest BCUT2D eigenvalue weighted by Crippen LogP contribution is -2.39. The van der Waals surface area contributed by atoms with Gasteiger partial charge in [-0.25, -0.2) is 14.6 Å². The van der Waals surface area contributed by atoms with E-state index < -0.39 is 24.3 Å². The number of amides is 1. The number of nitrogens with one attached hydrogen (secondary N) is 2. The zero-order valence-corrected chi connectivity index (χ0v) is 18.6. The van der Waals surface area contributed by atoms with Gasteiger partial charge >= 0.3 is 24.3 Å². The van der Waals surface area contributed by atoms with Crippen molar-refractivity contribution in [3.63, 3.8) is 0 Å². The van der Waals surface area contributed by atoms with Crippen molar-refractivity contribution in [3.05, 3.63) is 54.1 Å². The molecule has 6 N–H and O–H groups in total. The van der Waals surface area contributed by atoms with Gasteiger partial charge in [-0.15, -0.1) is 0 Å². The van der Waals surface area contributed by atoms with E-state index >= 15 is 0 Å². The van der Waals surface area contributed by atoms with Crippen molar-refractivity contribution in [2.75, 3.05) is 6.54 Å². The van der Waals surface area contributed by atoms with Gasteiger partial charge in [-0.3, -0.25) is 15.1 Å². The second-order valence-electron chi connectivity index (χ2n) is 6.67. The Balaban J connectivity index is 0.000000720. The molecule has 0 saturated carbocycles. The highest BCUT2D eigenvalue weighted by molar-refractivity contribution is 5.99. The fourth-order valence-corrected chi connectivity index (χ4v) is 2.06. The Hall–Kier alpha value is -4.11. The van der Waals surface area contributed by atoms with Crippen molar-refractivity contribution in [2.45, 2.75) is 38.0 Å². The number of H-pyrrole nitrogens is 1. The average molecular weight is 527 g/mol. The summed E-state index contributed by atoms with van der Waals surface area (Å²) in [5.74, 6) is -5.77. The van der Waals surface area contributed by atoms with E-state index in [4.69, 9.17) is 25.5 Å². The Morgan fingerprint density at radius 1 is 1.06 bits per heavy atom. The fraction of sp³-hybridized carbons (Fsp3) is 0.350. The predicted octanol–water partition coefficient (Wildman–Crippen LogP) is 2.84. The number of halogens is 6. The van der Waals surface area contributed by atoms with Crippen molar-refractivity contribution in [2.24, 2.45) is 10.7 Å². The van der Waals surface area contributed by atoms with Gasteiger partial charge in [-0.1, -0.05) is 30.3 Å². The van der Waals surface area contributed by atoms with Crippen molar-refractivity contribution < 1.29 is 50.9 Å². The Morgan fingerprint density at radius 2 is 1.56 bits per heavy atom. The quantitative estimate of drug-likeness (QED) is 0.166. The zero-order chi connectivity index (χ0) is 27.9. The van der Waals surface area contributed by atoms with Gasteiger partial charge in [0.25, 0.3) is 0 Å². The van der Waals surface area contributed by atoms with Crippen molar-refractivity contribution >= 4 is 23.8 Å². The summed E-state index contributed by atoms with van der Waals surface area (Å²) in [6, 6.07) is 9.58. The summed E-state index contributed by atoms with van der Waals surface area (Å²) in [5.41, 5.74) is 7.76. The lowest BCUT2D eigenvalue weighted by atomic mass is 10.0. The first kappa shape index (κ1) is 31.9. The lowest BCUT2D eigenvalue weighted by molar-refractivity contribution is -0.193. The minimum atomic E-state index is -5.08. The highest BCUT2D eigenvalue weighted by atomic mass is 19.4. The molecule has 1 amide bonds. The maximum atomic E-state index is 12.1. The van der Waals surface area contributed by atoms with Crippen LogP contribution in [0.1, 0.15) is 30.5 Å². The van der Waals surface area contributed by atoms with E-state index in [-0.39, 0.29) is 17.8 Å². The van der Waals surface area contributed by atoms with Crippen molar-refractivity contribution in [3.8, 4) is 0 Å². The van der Waals surface area contributed by atoms with E-state index in [0.29, 0.717) is 6.54 Å². The molecule has 2 aromatic rings. The molecule has 1 heterocycles. The maximum Gasteiger partial charge on any atom is 0.490 e. The van der Waals surface area contributed by atoms with Crippen LogP contribution in [0.15, 0.2) is 47.8 Å². The number of carbonyl (C=O) groups excluding carboxylic acids is 1. The Bertz CT molecular complexity index is 955. The van der Waals surface area contributed by atoms with Crippen LogP contribution < -0.4 is 11.1 Å². The number of imidazole rings is 1. The molecule has 0 aliphatic carbocycles. The van der Waals surface area contributed by atoms with Gasteiger partial charge < -0.3 is 20.9 Å². The highest BCUT2D eigenvalue weighted by Gasteiger charge is 2.38. The molecule has 0 aliphatic heterocycles. The number of nitrogens with zero attached hydrogens (tertiary/aromatic N) is 2. The third-order valence-corrected chi connectivity index (χ3v) is 3.87. The minimum Gasteiger partial charge on any atom is -0.475 e. The standard InChI is InChI=1S/C16H21N5O.2C2HF3O2/c1-12(13-6-3-2-4-7-13)15(22)21-16(17)19-9-5-8-14-10-18-11-20-14;2*3-2(4,5)1(6)7/h2-4,6-7,10-12H,5,8-9H2,1H3,(H,18,20)(H3,17,19,21,22);2*(H,6,7). The highest BCUT2D eigenvalue weighted by Crippen LogP contribution is 2.14. The second kappa shape index (κ2) is 15.0. The van der Waals surface area contributed by atoms with E-state index in [1.165, 1.54) is 0 Å². The molecule has 0 bridgehead atoms. The number of nitrogens with two attached hydrogens (primary N) is 1. The van der Waals surface area contributed by atoms with E-state index in [1.807, 2.05) is 37.3 Å². The Kier molecular flexibility index (Phi) is 13.3. The number of aryl methyl sites for hydroxylation is 1. The van der Waals surface area contributed by atoms with E-state index in [1.54, 1.807) is 12.5 Å². The predicted molar refractivity (Wildman–Crippen MR) is 114 cm³/mol. The molecule has 10 nitrogen and oxygen atoms in total. The largest absolute Gasteiger partial charge is 0.490 e. The first-order valence-corrected chi connectivity index (χ1v) is 9.78. The number of guanidine groups is 1. The van der Waals surface area contributed by atoms with Gasteiger partial charge in [0, 0.05) is 18.4 Å². The topological polar surface area (TPSA) is 171 Å². The second-order valence-corrected chi connectivity index (χ2v) is 6.67. The molecule has 2 rings (SSSR count). The summed E-state index contributed by atoms with van der Waals surface area (Å²) in [6.07, 6.45) is -5.04. The number of rotatable bonds is 6. The van der Waals surface area contributed by atoms with Gasteiger partial charge in [0.2, 0.25) is 5.91 Å². The molecule has 16 heteroatoms. The summed E-state index contributed by atoms with van der Waals surface area (Å²) in [6.45, 7) is 2.40. The zero-order valence-electron chi connectivity index (χ0n) is 18.6. The number of aliphatic carboxylic acids is 2. The van der Waals surface area contributed by atoms with Crippen LogP contribution in [-0.4, -0.2) is 62.9 Å². The van der Waals surface area contributed by atoms with Crippen LogP contribution in [0.25, 0.3) is 0 Å². The van der Waals surface area contributed by atoms with Crippen LogP contribution in [0.4, 0.5) is 26.3 Å². The number of aromatic nitrogens is 2. The number of aromatic amines is 1. The third kappa shape index (κ3) is 14.2. The number of alkyl halides is 6. The third-order valence-electron chi connectivity index (χ3n) is 3.87. The van der Waals surface area contributed by atoms with Crippen LogP contribution in [0, 0.1) is 0 Å². The molecular weight excluding hydrogens is 504 g/mol. The van der Waals surface area contributed by atoms with Gasteiger partial charge in [-0.05, 0) is 25.3 Å². The van der Waals surface area contributed by atoms with Crippen molar-refractivity contribution in [1.82, 2.24) is 15.3 Å². The molecular formula is C20H23F6N5O5. The van der Waals surface area contributed by atoms with E-state index in [2.05, 4.69) is 20.3 Å². The molecule has 0 saturated heterocycles. The molecule has 0 aliphatic rings. The molecule has 0 fully saturated rings. The van der Waals surface area contributed by atoms with E-state index in [0.717, 1.165) is 24.1 Å². The number of hydrogen-bond donors (Lipinski definition) is 5. The molecule has 0 radical (unpaired) electrons. The summed E-state index contributed by atoms with van der Waals surface area (Å²) in [4.78, 5) is 41.0. The molecule has 1 aromatic carbocycles. The van der Waals surface area contributed by atoms with Crippen LogP contribution >= 0.6 is 0 Å². The number of aliphatic imine (C=N–C) groups is 1. The summed E-state index contributed by atoms with van der Waals surface area (Å²) >= 11 is 0.